The SMILES string of the molecule is CCC1(CC)[C@H](NC(=O)Cc2cc(C)[nH]n2)[C@H](C)[C@@H]1OC. The standard InChI is InChI=1S/C16H27N3O2/c1-6-16(7-2)14(11(4)15(16)21-5)17-13(20)9-12-8-10(3)18-19-12/h8,11,14-15H,6-7,9H2,1-5H3,(H,17,20)(H,18,19)/t11-,14+,15-/m0/s1. The van der Waals surface area contributed by atoms with E-state index in [0.29, 0.717) is 12.3 Å². The van der Waals surface area contributed by atoms with Gasteiger partial charge in [-0.3, -0.25) is 9.89 Å². The number of aromatic amines is 1. The summed E-state index contributed by atoms with van der Waals surface area (Å²) in [6.07, 6.45) is 2.58. The Morgan fingerprint density at radius 2 is 2.14 bits per heavy atom. The van der Waals surface area contributed by atoms with Crippen molar-refractivity contribution in [3.63, 3.8) is 0 Å². The molecule has 1 saturated carbocycles. The number of methoxy groups -OCH3 is 1. The van der Waals surface area contributed by atoms with Gasteiger partial charge in [0, 0.05) is 30.2 Å². The lowest BCUT2D eigenvalue weighted by Crippen LogP contribution is -2.70. The van der Waals surface area contributed by atoms with E-state index in [0.717, 1.165) is 24.2 Å². The summed E-state index contributed by atoms with van der Waals surface area (Å²) in [4.78, 5) is 12.3. The van der Waals surface area contributed by atoms with Crippen LogP contribution in [0.1, 0.15) is 45.0 Å². The summed E-state index contributed by atoms with van der Waals surface area (Å²) in [5.74, 6) is 0.388. The number of nitrogens with one attached hydrogen (secondary N) is 2. The average Bonchev–Trinajstić information content (AvgIpc) is 2.86. The number of carbonyl (C=O) groups is 1. The van der Waals surface area contributed by atoms with Crippen LogP contribution in [0, 0.1) is 18.3 Å². The number of aryl methyl sites for hydroxylation is 1. The van der Waals surface area contributed by atoms with Gasteiger partial charge in [0.1, 0.15) is 0 Å². The second-order valence-corrected chi connectivity index (χ2v) is 6.22. The monoisotopic (exact) mass is 293 g/mol. The minimum atomic E-state index is 0.0409. The molecule has 1 heterocycles. The van der Waals surface area contributed by atoms with E-state index in [9.17, 15) is 4.79 Å². The van der Waals surface area contributed by atoms with Crippen LogP contribution in [0.5, 0.6) is 0 Å². The maximum Gasteiger partial charge on any atom is 0.226 e. The molecule has 0 spiro atoms. The summed E-state index contributed by atoms with van der Waals surface area (Å²) in [6, 6.07) is 2.10. The largest absolute Gasteiger partial charge is 0.380 e. The molecule has 1 aliphatic rings. The Morgan fingerprint density at radius 3 is 2.62 bits per heavy atom. The molecule has 0 aromatic carbocycles. The van der Waals surface area contributed by atoms with Gasteiger partial charge >= 0.3 is 0 Å². The molecule has 1 aromatic heterocycles. The highest BCUT2D eigenvalue weighted by atomic mass is 16.5. The number of nitrogens with zero attached hydrogens (tertiary/aromatic N) is 1. The zero-order valence-corrected chi connectivity index (χ0v) is 13.7. The van der Waals surface area contributed by atoms with E-state index in [4.69, 9.17) is 4.74 Å². The fourth-order valence-corrected chi connectivity index (χ4v) is 4.05. The summed E-state index contributed by atoms with van der Waals surface area (Å²) >= 11 is 0. The highest BCUT2D eigenvalue weighted by Crippen LogP contribution is 2.52. The molecule has 0 saturated heterocycles. The Bertz CT molecular complexity index is 493. The number of rotatable bonds is 6. The summed E-state index contributed by atoms with van der Waals surface area (Å²) in [6.45, 7) is 8.45. The van der Waals surface area contributed by atoms with Crippen molar-refractivity contribution >= 4 is 5.91 Å². The second kappa shape index (κ2) is 6.18. The average molecular weight is 293 g/mol. The van der Waals surface area contributed by atoms with Gasteiger partial charge in [-0.1, -0.05) is 20.8 Å². The highest BCUT2D eigenvalue weighted by molar-refractivity contribution is 5.78. The van der Waals surface area contributed by atoms with Crippen molar-refractivity contribution in [2.24, 2.45) is 11.3 Å². The van der Waals surface area contributed by atoms with Crippen LogP contribution < -0.4 is 5.32 Å². The Morgan fingerprint density at radius 1 is 1.48 bits per heavy atom. The molecule has 2 rings (SSSR count). The quantitative estimate of drug-likeness (QED) is 0.845. The first-order valence-electron chi connectivity index (χ1n) is 7.81. The minimum Gasteiger partial charge on any atom is -0.380 e. The Balaban J connectivity index is 2.02. The van der Waals surface area contributed by atoms with Crippen LogP contribution >= 0.6 is 0 Å². The minimum absolute atomic E-state index is 0.0409. The molecule has 0 radical (unpaired) electrons. The van der Waals surface area contributed by atoms with Gasteiger partial charge in [0.15, 0.2) is 0 Å². The first-order chi connectivity index (χ1) is 9.98. The van der Waals surface area contributed by atoms with Crippen molar-refractivity contribution in [3.05, 3.63) is 17.5 Å². The van der Waals surface area contributed by atoms with Crippen LogP contribution in [0.2, 0.25) is 0 Å². The molecule has 3 atom stereocenters. The van der Waals surface area contributed by atoms with Gasteiger partial charge in [-0.15, -0.1) is 0 Å². The Hall–Kier alpha value is -1.36. The van der Waals surface area contributed by atoms with Crippen molar-refractivity contribution in [1.82, 2.24) is 15.5 Å². The molecule has 1 aromatic rings. The fraction of sp³-hybridized carbons (Fsp3) is 0.750. The molecule has 5 nitrogen and oxygen atoms in total. The van der Waals surface area contributed by atoms with Gasteiger partial charge in [0.25, 0.3) is 0 Å². The number of carbonyl (C=O) groups excluding carboxylic acids is 1. The predicted molar refractivity (Wildman–Crippen MR) is 81.9 cm³/mol. The van der Waals surface area contributed by atoms with Crippen LogP contribution in [0.15, 0.2) is 6.07 Å². The number of ether oxygens (including phenoxy) is 1. The lowest BCUT2D eigenvalue weighted by Gasteiger charge is -2.59. The zero-order chi connectivity index (χ0) is 15.6. The van der Waals surface area contributed by atoms with Crippen molar-refractivity contribution < 1.29 is 9.53 Å². The molecule has 5 heteroatoms. The van der Waals surface area contributed by atoms with Crippen LogP contribution in [0.4, 0.5) is 0 Å². The van der Waals surface area contributed by atoms with Crippen molar-refractivity contribution in [2.45, 2.75) is 59.1 Å². The Kier molecular flexibility index (Phi) is 4.71. The van der Waals surface area contributed by atoms with E-state index in [-0.39, 0.29) is 23.5 Å². The normalized spacial score (nSPS) is 27.2. The smallest absolute Gasteiger partial charge is 0.226 e. The van der Waals surface area contributed by atoms with Crippen LogP contribution in [0.3, 0.4) is 0 Å². The molecule has 21 heavy (non-hydrogen) atoms. The van der Waals surface area contributed by atoms with E-state index in [2.05, 4.69) is 36.3 Å². The van der Waals surface area contributed by atoms with Crippen molar-refractivity contribution in [3.8, 4) is 0 Å². The van der Waals surface area contributed by atoms with E-state index in [1.165, 1.54) is 0 Å². The lowest BCUT2D eigenvalue weighted by molar-refractivity contribution is -0.172. The fourth-order valence-electron chi connectivity index (χ4n) is 4.05. The molecule has 0 aliphatic heterocycles. The van der Waals surface area contributed by atoms with Gasteiger partial charge in [0.2, 0.25) is 5.91 Å². The van der Waals surface area contributed by atoms with Crippen molar-refractivity contribution in [2.75, 3.05) is 7.11 Å². The van der Waals surface area contributed by atoms with Gasteiger partial charge in [0.05, 0.1) is 18.2 Å². The van der Waals surface area contributed by atoms with E-state index < -0.39 is 0 Å². The van der Waals surface area contributed by atoms with Gasteiger partial charge in [-0.05, 0) is 25.8 Å². The molecule has 0 unspecified atom stereocenters. The molecule has 118 valence electrons. The molecule has 2 N–H and O–H groups in total. The molecular formula is C16H27N3O2. The predicted octanol–water partition coefficient (Wildman–Crippen LogP) is 2.22. The third-order valence-electron chi connectivity index (χ3n) is 5.18. The van der Waals surface area contributed by atoms with Gasteiger partial charge in [-0.25, -0.2) is 0 Å². The number of aromatic nitrogens is 2. The zero-order valence-electron chi connectivity index (χ0n) is 13.7. The maximum absolute atomic E-state index is 12.3. The summed E-state index contributed by atoms with van der Waals surface area (Å²) in [5, 5.41) is 10.2. The van der Waals surface area contributed by atoms with Crippen LogP contribution in [-0.4, -0.2) is 35.4 Å². The number of H-pyrrole nitrogens is 1. The summed E-state index contributed by atoms with van der Waals surface area (Å²) < 4.78 is 5.66. The third kappa shape index (κ3) is 2.71. The lowest BCUT2D eigenvalue weighted by atomic mass is 9.53. The van der Waals surface area contributed by atoms with Crippen LogP contribution in [-0.2, 0) is 16.0 Å². The Labute approximate surface area is 126 Å². The first-order valence-corrected chi connectivity index (χ1v) is 7.81. The third-order valence-corrected chi connectivity index (χ3v) is 5.18. The van der Waals surface area contributed by atoms with Crippen molar-refractivity contribution in [1.29, 1.82) is 0 Å². The first kappa shape index (κ1) is 16.0. The molecule has 1 amide bonds. The number of amides is 1. The number of hydrogen-bond acceptors (Lipinski definition) is 3. The van der Waals surface area contributed by atoms with Gasteiger partial charge in [-0.2, -0.15) is 5.10 Å². The van der Waals surface area contributed by atoms with E-state index in [1.807, 2.05) is 13.0 Å². The highest BCUT2D eigenvalue weighted by Gasteiger charge is 2.58. The van der Waals surface area contributed by atoms with E-state index in [1.54, 1.807) is 7.11 Å². The molecule has 1 fully saturated rings. The van der Waals surface area contributed by atoms with Crippen LogP contribution in [0.25, 0.3) is 0 Å². The second-order valence-electron chi connectivity index (χ2n) is 6.22. The molecule has 0 bridgehead atoms. The number of hydrogen-bond donors (Lipinski definition) is 2. The van der Waals surface area contributed by atoms with Gasteiger partial charge < -0.3 is 10.1 Å². The molecule has 1 aliphatic carbocycles. The summed E-state index contributed by atoms with van der Waals surface area (Å²) in [5.41, 5.74) is 1.83. The maximum atomic E-state index is 12.3. The molecular weight excluding hydrogens is 266 g/mol. The van der Waals surface area contributed by atoms with E-state index >= 15 is 0 Å². The topological polar surface area (TPSA) is 67.0 Å². The summed E-state index contributed by atoms with van der Waals surface area (Å²) in [7, 11) is 1.77.